The first-order valence-electron chi connectivity index (χ1n) is 6.58. The molecule has 0 aliphatic carbocycles. The van der Waals surface area contributed by atoms with Gasteiger partial charge in [0.1, 0.15) is 5.75 Å². The summed E-state index contributed by atoms with van der Waals surface area (Å²) in [5, 5.41) is 10.5. The SMILES string of the molecule is O=C(COc1ccccc1)NNC(=O)c1ccc([N+](=O)[O-])cc1. The number of carbonyl (C=O) groups is 2. The summed E-state index contributed by atoms with van der Waals surface area (Å²) in [6, 6.07) is 13.7. The number of rotatable bonds is 5. The second-order valence-electron chi connectivity index (χ2n) is 4.41. The van der Waals surface area contributed by atoms with Gasteiger partial charge in [-0.2, -0.15) is 0 Å². The number of nitrogens with zero attached hydrogens (tertiary/aromatic N) is 1. The number of amides is 2. The van der Waals surface area contributed by atoms with Crippen molar-refractivity contribution in [2.75, 3.05) is 6.61 Å². The maximum atomic E-state index is 11.8. The Labute approximate surface area is 131 Å². The number of nitro groups is 1. The lowest BCUT2D eigenvalue weighted by atomic mass is 10.2. The summed E-state index contributed by atoms with van der Waals surface area (Å²) < 4.78 is 5.21. The van der Waals surface area contributed by atoms with Crippen LogP contribution in [0.3, 0.4) is 0 Å². The van der Waals surface area contributed by atoms with Gasteiger partial charge >= 0.3 is 0 Å². The highest BCUT2D eigenvalue weighted by molar-refractivity contribution is 5.95. The van der Waals surface area contributed by atoms with Gasteiger partial charge in [-0.25, -0.2) is 0 Å². The average molecular weight is 315 g/mol. The standard InChI is InChI=1S/C15H13N3O5/c19-14(10-23-13-4-2-1-3-5-13)16-17-15(20)11-6-8-12(9-7-11)18(21)22/h1-9H,10H2,(H,16,19)(H,17,20). The fourth-order valence-electron chi connectivity index (χ4n) is 1.63. The van der Waals surface area contributed by atoms with Crippen molar-refractivity contribution in [3.63, 3.8) is 0 Å². The van der Waals surface area contributed by atoms with Gasteiger partial charge in [-0.1, -0.05) is 18.2 Å². The number of non-ortho nitro benzene ring substituents is 1. The minimum absolute atomic E-state index is 0.123. The van der Waals surface area contributed by atoms with E-state index in [1.165, 1.54) is 24.3 Å². The number of para-hydroxylation sites is 1. The zero-order valence-electron chi connectivity index (χ0n) is 11.9. The topological polar surface area (TPSA) is 111 Å². The molecule has 23 heavy (non-hydrogen) atoms. The highest BCUT2D eigenvalue weighted by Crippen LogP contribution is 2.11. The zero-order valence-corrected chi connectivity index (χ0v) is 11.9. The van der Waals surface area contributed by atoms with E-state index < -0.39 is 16.7 Å². The minimum Gasteiger partial charge on any atom is -0.484 e. The predicted molar refractivity (Wildman–Crippen MR) is 80.6 cm³/mol. The summed E-state index contributed by atoms with van der Waals surface area (Å²) in [5.41, 5.74) is 4.44. The predicted octanol–water partition coefficient (Wildman–Crippen LogP) is 1.43. The van der Waals surface area contributed by atoms with Gasteiger partial charge in [-0.15, -0.1) is 0 Å². The normalized spacial score (nSPS) is 9.74. The van der Waals surface area contributed by atoms with E-state index in [9.17, 15) is 19.7 Å². The number of carbonyl (C=O) groups excluding carboxylic acids is 2. The van der Waals surface area contributed by atoms with Crippen molar-refractivity contribution in [3.05, 3.63) is 70.3 Å². The van der Waals surface area contributed by atoms with E-state index in [2.05, 4.69) is 10.9 Å². The third-order valence-corrected chi connectivity index (χ3v) is 2.77. The van der Waals surface area contributed by atoms with Crippen molar-refractivity contribution in [1.29, 1.82) is 0 Å². The lowest BCUT2D eigenvalue weighted by Gasteiger charge is -2.08. The van der Waals surface area contributed by atoms with Crippen molar-refractivity contribution < 1.29 is 19.2 Å². The van der Waals surface area contributed by atoms with E-state index in [0.717, 1.165) is 0 Å². The second kappa shape index (κ2) is 7.55. The zero-order chi connectivity index (χ0) is 16.7. The number of hydrazine groups is 1. The summed E-state index contributed by atoms with van der Waals surface area (Å²) in [5.74, 6) is -0.596. The van der Waals surface area contributed by atoms with Crippen molar-refractivity contribution in [2.24, 2.45) is 0 Å². The summed E-state index contributed by atoms with van der Waals surface area (Å²) in [6.45, 7) is -0.259. The van der Waals surface area contributed by atoms with Crippen LogP contribution in [0.1, 0.15) is 10.4 Å². The molecule has 2 aromatic rings. The molecule has 0 unspecified atom stereocenters. The van der Waals surface area contributed by atoms with Crippen molar-refractivity contribution in [1.82, 2.24) is 10.9 Å². The van der Waals surface area contributed by atoms with Crippen LogP contribution in [0.4, 0.5) is 5.69 Å². The Morgan fingerprint density at radius 1 is 1.00 bits per heavy atom. The van der Waals surface area contributed by atoms with Crippen LogP contribution < -0.4 is 15.6 Å². The molecule has 2 aromatic carbocycles. The average Bonchev–Trinajstić information content (AvgIpc) is 2.58. The molecule has 0 fully saturated rings. The smallest absolute Gasteiger partial charge is 0.276 e. The highest BCUT2D eigenvalue weighted by Gasteiger charge is 2.10. The Morgan fingerprint density at radius 2 is 1.65 bits per heavy atom. The molecule has 0 aliphatic heterocycles. The van der Waals surface area contributed by atoms with E-state index in [1.807, 2.05) is 6.07 Å². The van der Waals surface area contributed by atoms with Gasteiger partial charge in [0, 0.05) is 17.7 Å². The Balaban J connectivity index is 1.79. The fraction of sp³-hybridized carbons (Fsp3) is 0.0667. The van der Waals surface area contributed by atoms with Crippen molar-refractivity contribution in [3.8, 4) is 5.75 Å². The number of benzene rings is 2. The molecule has 118 valence electrons. The fourth-order valence-corrected chi connectivity index (χ4v) is 1.63. The first-order chi connectivity index (χ1) is 11.1. The van der Waals surface area contributed by atoms with E-state index in [0.29, 0.717) is 5.75 Å². The van der Waals surface area contributed by atoms with Crippen LogP contribution in [-0.4, -0.2) is 23.3 Å². The second-order valence-corrected chi connectivity index (χ2v) is 4.41. The first-order valence-corrected chi connectivity index (χ1v) is 6.58. The molecule has 8 heteroatoms. The molecule has 0 atom stereocenters. The van der Waals surface area contributed by atoms with E-state index in [4.69, 9.17) is 4.74 Å². The van der Waals surface area contributed by atoms with Gasteiger partial charge in [-0.05, 0) is 24.3 Å². The molecule has 0 saturated carbocycles. The van der Waals surface area contributed by atoms with Crippen LogP contribution in [0.15, 0.2) is 54.6 Å². The quantitative estimate of drug-likeness (QED) is 0.640. The monoisotopic (exact) mass is 315 g/mol. The van der Waals surface area contributed by atoms with Gasteiger partial charge in [0.2, 0.25) is 0 Å². The molecule has 0 aromatic heterocycles. The Kier molecular flexibility index (Phi) is 5.24. The van der Waals surface area contributed by atoms with Crippen LogP contribution in [-0.2, 0) is 4.79 Å². The van der Waals surface area contributed by atoms with Gasteiger partial charge in [0.25, 0.3) is 17.5 Å². The van der Waals surface area contributed by atoms with Gasteiger partial charge < -0.3 is 4.74 Å². The maximum Gasteiger partial charge on any atom is 0.276 e. The number of hydrogen-bond donors (Lipinski definition) is 2. The molecular weight excluding hydrogens is 302 g/mol. The summed E-state index contributed by atoms with van der Waals surface area (Å²) in [4.78, 5) is 33.3. The lowest BCUT2D eigenvalue weighted by Crippen LogP contribution is -2.43. The van der Waals surface area contributed by atoms with E-state index in [1.54, 1.807) is 24.3 Å². The van der Waals surface area contributed by atoms with Crippen LogP contribution in [0, 0.1) is 10.1 Å². The molecule has 2 N–H and O–H groups in total. The minimum atomic E-state index is -0.590. The van der Waals surface area contributed by atoms with Crippen LogP contribution in [0.25, 0.3) is 0 Å². The summed E-state index contributed by atoms with van der Waals surface area (Å²) >= 11 is 0. The maximum absolute atomic E-state index is 11.8. The lowest BCUT2D eigenvalue weighted by molar-refractivity contribution is -0.384. The summed E-state index contributed by atoms with van der Waals surface area (Å²) in [6.07, 6.45) is 0. The third kappa shape index (κ3) is 4.81. The van der Waals surface area contributed by atoms with Gasteiger partial charge in [0.05, 0.1) is 4.92 Å². The Morgan fingerprint density at radius 3 is 2.26 bits per heavy atom. The number of nitro benzene ring substituents is 1. The van der Waals surface area contributed by atoms with Gasteiger partial charge in [0.15, 0.2) is 6.61 Å². The third-order valence-electron chi connectivity index (χ3n) is 2.77. The number of hydrogen-bond acceptors (Lipinski definition) is 5. The van der Waals surface area contributed by atoms with Crippen LogP contribution >= 0.6 is 0 Å². The van der Waals surface area contributed by atoms with Crippen molar-refractivity contribution in [2.45, 2.75) is 0 Å². The first kappa shape index (κ1) is 16.0. The Hall–Kier alpha value is -3.42. The highest BCUT2D eigenvalue weighted by atomic mass is 16.6. The molecule has 0 heterocycles. The molecule has 2 rings (SSSR count). The molecule has 0 spiro atoms. The molecule has 0 radical (unpaired) electrons. The molecule has 0 bridgehead atoms. The largest absolute Gasteiger partial charge is 0.484 e. The molecule has 8 nitrogen and oxygen atoms in total. The molecule has 2 amide bonds. The number of ether oxygens (including phenoxy) is 1. The van der Waals surface area contributed by atoms with E-state index >= 15 is 0 Å². The van der Waals surface area contributed by atoms with Crippen LogP contribution in [0.2, 0.25) is 0 Å². The Bertz CT molecular complexity index is 701. The molecule has 0 saturated heterocycles. The molecule has 0 aliphatic rings. The van der Waals surface area contributed by atoms with Gasteiger partial charge in [-0.3, -0.25) is 30.6 Å². The number of nitrogens with one attached hydrogen (secondary N) is 2. The molecular formula is C15H13N3O5. The van der Waals surface area contributed by atoms with Crippen LogP contribution in [0.5, 0.6) is 5.75 Å². The van der Waals surface area contributed by atoms with Crippen molar-refractivity contribution >= 4 is 17.5 Å². The van der Waals surface area contributed by atoms with E-state index in [-0.39, 0.29) is 17.9 Å². The summed E-state index contributed by atoms with van der Waals surface area (Å²) in [7, 11) is 0.